The second kappa shape index (κ2) is 7.97. The van der Waals surface area contributed by atoms with Crippen molar-refractivity contribution in [1.29, 1.82) is 0 Å². The van der Waals surface area contributed by atoms with Gasteiger partial charge < -0.3 is 21.5 Å². The number of hydrogen-bond acceptors (Lipinski definition) is 4. The summed E-state index contributed by atoms with van der Waals surface area (Å²) in [6.45, 7) is 3.45. The largest absolute Gasteiger partial charge is 0.480 e. The van der Waals surface area contributed by atoms with Crippen LogP contribution in [0.4, 0.5) is 0 Å². The Morgan fingerprint density at radius 2 is 2.14 bits per heavy atom. The van der Waals surface area contributed by atoms with Crippen LogP contribution >= 0.6 is 0 Å². The van der Waals surface area contributed by atoms with E-state index in [1.54, 1.807) is 0 Å². The Bertz CT molecular complexity index is 386. The van der Waals surface area contributed by atoms with Crippen LogP contribution in [0.15, 0.2) is 0 Å². The first-order valence-corrected chi connectivity index (χ1v) is 7.44. The Hall–Kier alpha value is -1.63. The first kappa shape index (κ1) is 17.4. The molecule has 120 valence electrons. The molecular formula is C14H25N3O4. The lowest BCUT2D eigenvalue weighted by Gasteiger charge is -2.37. The van der Waals surface area contributed by atoms with Crippen molar-refractivity contribution < 1.29 is 19.5 Å². The highest BCUT2D eigenvalue weighted by molar-refractivity contribution is 5.88. The Labute approximate surface area is 124 Å². The van der Waals surface area contributed by atoms with Crippen molar-refractivity contribution in [1.82, 2.24) is 10.6 Å². The summed E-state index contributed by atoms with van der Waals surface area (Å²) in [5.74, 6) is -1.95. The van der Waals surface area contributed by atoms with E-state index in [1.165, 1.54) is 0 Å². The summed E-state index contributed by atoms with van der Waals surface area (Å²) in [6, 6.07) is -1.07. The molecule has 1 aliphatic heterocycles. The van der Waals surface area contributed by atoms with Crippen molar-refractivity contribution in [3.63, 3.8) is 0 Å². The predicted octanol–water partition coefficient (Wildman–Crippen LogP) is -0.00880. The molecule has 1 saturated heterocycles. The van der Waals surface area contributed by atoms with Gasteiger partial charge in [0.2, 0.25) is 11.8 Å². The maximum atomic E-state index is 12.5. The zero-order valence-corrected chi connectivity index (χ0v) is 12.5. The van der Waals surface area contributed by atoms with E-state index in [1.807, 2.05) is 6.92 Å². The first-order chi connectivity index (χ1) is 9.91. The van der Waals surface area contributed by atoms with E-state index in [9.17, 15) is 14.4 Å². The molecule has 2 amide bonds. The van der Waals surface area contributed by atoms with Crippen LogP contribution in [0.25, 0.3) is 0 Å². The molecule has 21 heavy (non-hydrogen) atoms. The number of carboxylic acid groups (broad SMARTS) is 1. The average Bonchev–Trinajstić information content (AvgIpc) is 2.43. The molecule has 1 unspecified atom stereocenters. The van der Waals surface area contributed by atoms with Gasteiger partial charge in [-0.2, -0.15) is 0 Å². The Morgan fingerprint density at radius 1 is 1.43 bits per heavy atom. The second-order valence-electron chi connectivity index (χ2n) is 5.68. The highest BCUT2D eigenvalue weighted by Crippen LogP contribution is 2.32. The predicted molar refractivity (Wildman–Crippen MR) is 77.4 cm³/mol. The maximum absolute atomic E-state index is 12.5. The number of primary amides is 1. The molecule has 5 N–H and O–H groups in total. The van der Waals surface area contributed by atoms with Gasteiger partial charge in [-0.05, 0) is 32.2 Å². The van der Waals surface area contributed by atoms with E-state index in [0.717, 1.165) is 25.8 Å². The standard InChI is InChI=1S/C14H25N3O4/c1-2-6-14(7-3-8-16-9-14)13(21)17-10(12(19)20)4-5-11(15)18/h10,16H,2-9H2,1H3,(H2,15,18)(H,17,21)(H,19,20)/t10-,14?/m1/s1. The van der Waals surface area contributed by atoms with Crippen LogP contribution in [0, 0.1) is 5.41 Å². The fourth-order valence-electron chi connectivity index (χ4n) is 2.82. The van der Waals surface area contributed by atoms with E-state index in [4.69, 9.17) is 10.8 Å². The minimum Gasteiger partial charge on any atom is -0.480 e. The number of carbonyl (C=O) groups excluding carboxylic acids is 2. The van der Waals surface area contributed by atoms with Crippen molar-refractivity contribution >= 4 is 17.8 Å². The fourth-order valence-corrected chi connectivity index (χ4v) is 2.82. The lowest BCUT2D eigenvalue weighted by atomic mass is 9.76. The molecule has 0 spiro atoms. The molecule has 1 heterocycles. The van der Waals surface area contributed by atoms with E-state index in [-0.39, 0.29) is 18.7 Å². The summed E-state index contributed by atoms with van der Waals surface area (Å²) < 4.78 is 0. The van der Waals surface area contributed by atoms with Gasteiger partial charge in [0.15, 0.2) is 0 Å². The van der Waals surface area contributed by atoms with Gasteiger partial charge >= 0.3 is 5.97 Å². The molecular weight excluding hydrogens is 274 g/mol. The number of nitrogens with one attached hydrogen (secondary N) is 2. The second-order valence-corrected chi connectivity index (χ2v) is 5.68. The van der Waals surface area contributed by atoms with Crippen molar-refractivity contribution in [2.45, 2.75) is 51.5 Å². The van der Waals surface area contributed by atoms with E-state index in [0.29, 0.717) is 13.0 Å². The maximum Gasteiger partial charge on any atom is 0.326 e. The van der Waals surface area contributed by atoms with Gasteiger partial charge in [0.1, 0.15) is 6.04 Å². The van der Waals surface area contributed by atoms with Gasteiger partial charge in [-0.15, -0.1) is 0 Å². The highest BCUT2D eigenvalue weighted by atomic mass is 16.4. The normalized spacial score (nSPS) is 23.3. The van der Waals surface area contributed by atoms with Crippen LogP contribution in [0.5, 0.6) is 0 Å². The van der Waals surface area contributed by atoms with Gasteiger partial charge in [-0.25, -0.2) is 4.79 Å². The topological polar surface area (TPSA) is 122 Å². The van der Waals surface area contributed by atoms with Gasteiger partial charge in [0.25, 0.3) is 0 Å². The van der Waals surface area contributed by atoms with Crippen LogP contribution in [0.1, 0.15) is 45.4 Å². The van der Waals surface area contributed by atoms with Crippen LogP contribution in [0.3, 0.4) is 0 Å². The van der Waals surface area contributed by atoms with Crippen LogP contribution in [-0.4, -0.2) is 42.0 Å². The molecule has 0 aromatic heterocycles. The molecule has 0 radical (unpaired) electrons. The Balaban J connectivity index is 2.72. The van der Waals surface area contributed by atoms with Gasteiger partial charge in [0.05, 0.1) is 5.41 Å². The van der Waals surface area contributed by atoms with Crippen molar-refractivity contribution in [3.8, 4) is 0 Å². The van der Waals surface area contributed by atoms with Crippen molar-refractivity contribution in [3.05, 3.63) is 0 Å². The summed E-state index contributed by atoms with van der Waals surface area (Å²) in [4.78, 5) is 34.5. The monoisotopic (exact) mass is 299 g/mol. The number of hydrogen-bond donors (Lipinski definition) is 4. The van der Waals surface area contributed by atoms with E-state index < -0.39 is 23.3 Å². The molecule has 1 aliphatic rings. The molecule has 1 fully saturated rings. The van der Waals surface area contributed by atoms with Gasteiger partial charge in [-0.1, -0.05) is 13.3 Å². The summed E-state index contributed by atoms with van der Waals surface area (Å²) in [6.07, 6.45) is 3.18. The molecule has 0 aliphatic carbocycles. The molecule has 0 aromatic rings. The van der Waals surface area contributed by atoms with E-state index in [2.05, 4.69) is 10.6 Å². The number of aliphatic carboxylic acids is 1. The minimum atomic E-state index is -1.14. The quantitative estimate of drug-likeness (QED) is 0.502. The molecule has 0 aromatic carbocycles. The number of rotatable bonds is 8. The smallest absolute Gasteiger partial charge is 0.326 e. The summed E-state index contributed by atoms with van der Waals surface area (Å²) >= 11 is 0. The molecule has 2 atom stereocenters. The van der Waals surface area contributed by atoms with Gasteiger partial charge in [0, 0.05) is 13.0 Å². The third-order valence-corrected chi connectivity index (χ3v) is 3.97. The Kier molecular flexibility index (Phi) is 6.61. The highest BCUT2D eigenvalue weighted by Gasteiger charge is 2.40. The van der Waals surface area contributed by atoms with E-state index >= 15 is 0 Å². The fraction of sp³-hybridized carbons (Fsp3) is 0.786. The SMILES string of the molecule is CCCC1(C(=O)N[C@H](CCC(N)=O)C(=O)O)CCCNC1. The van der Waals surface area contributed by atoms with Crippen LogP contribution < -0.4 is 16.4 Å². The van der Waals surface area contributed by atoms with Crippen molar-refractivity contribution in [2.24, 2.45) is 11.1 Å². The number of carbonyl (C=O) groups is 3. The number of amides is 2. The number of nitrogens with two attached hydrogens (primary N) is 1. The van der Waals surface area contributed by atoms with Crippen LogP contribution in [-0.2, 0) is 14.4 Å². The molecule has 0 saturated carbocycles. The number of piperidine rings is 1. The summed E-state index contributed by atoms with van der Waals surface area (Å²) in [5, 5.41) is 15.0. The zero-order valence-electron chi connectivity index (χ0n) is 12.5. The van der Waals surface area contributed by atoms with Crippen molar-refractivity contribution in [2.75, 3.05) is 13.1 Å². The number of carboxylic acids is 1. The Morgan fingerprint density at radius 3 is 2.62 bits per heavy atom. The lowest BCUT2D eigenvalue weighted by Crippen LogP contribution is -2.54. The van der Waals surface area contributed by atoms with Crippen LogP contribution in [0.2, 0.25) is 0 Å². The first-order valence-electron chi connectivity index (χ1n) is 7.44. The minimum absolute atomic E-state index is 0.0199. The average molecular weight is 299 g/mol. The third kappa shape index (κ3) is 5.00. The zero-order chi connectivity index (χ0) is 15.9. The summed E-state index contributed by atoms with van der Waals surface area (Å²) in [7, 11) is 0. The molecule has 7 heteroatoms. The van der Waals surface area contributed by atoms with Gasteiger partial charge in [-0.3, -0.25) is 9.59 Å². The lowest BCUT2D eigenvalue weighted by molar-refractivity contribution is -0.144. The molecule has 0 bridgehead atoms. The molecule has 1 rings (SSSR count). The third-order valence-electron chi connectivity index (χ3n) is 3.97. The molecule has 7 nitrogen and oxygen atoms in total. The summed E-state index contributed by atoms with van der Waals surface area (Å²) in [5.41, 5.74) is 4.49.